The number of rotatable bonds is 2. The molecule has 0 N–H and O–H groups in total. The third-order valence-corrected chi connectivity index (χ3v) is 2.73. The molecule has 0 spiro atoms. The quantitative estimate of drug-likeness (QED) is 0.479. The van der Waals surface area contributed by atoms with Crippen LogP contribution < -0.4 is 0 Å². The van der Waals surface area contributed by atoms with Gasteiger partial charge >= 0.3 is 64.6 Å². The number of allylic oxidation sites excluding steroid dienone is 1. The molecule has 1 saturated carbocycles. The van der Waals surface area contributed by atoms with Gasteiger partial charge < -0.3 is 0 Å². The zero-order valence-corrected chi connectivity index (χ0v) is 7.80. The second-order valence-corrected chi connectivity index (χ2v) is 3.34. The second-order valence-electron chi connectivity index (χ2n) is 2.68. The maximum atomic E-state index is 4.89. The maximum absolute atomic E-state index is 4.89. The summed E-state index contributed by atoms with van der Waals surface area (Å²) in [6.45, 7) is 3.71. The van der Waals surface area contributed by atoms with E-state index >= 15 is 0 Å². The van der Waals surface area contributed by atoms with Crippen LogP contribution in [0, 0.1) is 5.92 Å². The Labute approximate surface area is 77.2 Å². The van der Waals surface area contributed by atoms with Crippen LogP contribution in [0.5, 0.6) is 0 Å². The van der Waals surface area contributed by atoms with E-state index < -0.39 is 0 Å². The van der Waals surface area contributed by atoms with Gasteiger partial charge in [0, 0.05) is 0 Å². The molecule has 0 aromatic rings. The van der Waals surface area contributed by atoms with E-state index in [2.05, 4.69) is 6.58 Å². The minimum Gasteiger partial charge on any atom is -0.147 e. The van der Waals surface area contributed by atoms with Crippen molar-refractivity contribution >= 4 is 12.4 Å². The first-order chi connectivity index (χ1) is 4.34. The van der Waals surface area contributed by atoms with E-state index in [0.29, 0.717) is 4.89 Å². The molecule has 2 heteroatoms. The van der Waals surface area contributed by atoms with E-state index in [1.807, 2.05) is 6.08 Å². The summed E-state index contributed by atoms with van der Waals surface area (Å²) in [5.41, 5.74) is 0. The number of hydrogen-bond acceptors (Lipinski definition) is 0. The molecule has 0 nitrogen and oxygen atoms in total. The molecule has 0 radical (unpaired) electrons. The molecule has 1 aliphatic carbocycles. The predicted molar refractivity (Wildman–Crippen MR) is 43.2 cm³/mol. The zero-order valence-electron chi connectivity index (χ0n) is 5.99. The molecule has 63 valence electrons. The van der Waals surface area contributed by atoms with Crippen molar-refractivity contribution in [2.24, 2.45) is 5.92 Å². The van der Waals surface area contributed by atoms with Crippen molar-refractivity contribution in [1.29, 1.82) is 0 Å². The molecule has 0 aromatic heterocycles. The van der Waals surface area contributed by atoms with E-state index in [9.17, 15) is 0 Å². The van der Waals surface area contributed by atoms with Crippen molar-refractivity contribution in [3.8, 4) is 0 Å². The third-order valence-electron chi connectivity index (χ3n) is 2.03. The van der Waals surface area contributed by atoms with Crippen molar-refractivity contribution in [1.82, 2.24) is 0 Å². The first-order valence-corrected chi connectivity index (χ1v) is 4.14. The molecule has 0 bridgehead atoms. The van der Waals surface area contributed by atoms with Gasteiger partial charge in [-0.25, -0.2) is 0 Å². The van der Waals surface area contributed by atoms with E-state index in [4.69, 9.17) is 15.5 Å². The Hall–Kier alpha value is 0.524. The summed E-state index contributed by atoms with van der Waals surface area (Å²) in [6.07, 6.45) is 7.39. The Bertz CT molecular complexity index is 97.4. The van der Waals surface area contributed by atoms with Gasteiger partial charge in [-0.1, -0.05) is 0 Å². The number of hydrogen-bond donors (Lipinski definition) is 0. The van der Waals surface area contributed by atoms with Gasteiger partial charge in [0.25, 0.3) is 0 Å². The summed E-state index contributed by atoms with van der Waals surface area (Å²) >= 11 is 4.89. The van der Waals surface area contributed by atoms with Gasteiger partial charge in [0.15, 0.2) is 0 Å². The van der Waals surface area contributed by atoms with Crippen LogP contribution in [-0.2, 0) is 15.5 Å². The molecule has 1 rings (SSSR count). The van der Waals surface area contributed by atoms with Gasteiger partial charge in [-0.05, 0) is 0 Å². The van der Waals surface area contributed by atoms with Gasteiger partial charge in [0.1, 0.15) is 0 Å². The van der Waals surface area contributed by atoms with Gasteiger partial charge in [-0.15, -0.1) is 12.4 Å². The Kier molecular flexibility index (Phi) is 5.48. The fourth-order valence-corrected chi connectivity index (χ4v) is 1.78. The van der Waals surface area contributed by atoms with E-state index in [1.165, 1.54) is 25.7 Å². The minimum absolute atomic E-state index is 0. The summed E-state index contributed by atoms with van der Waals surface area (Å²) in [6, 6.07) is 0. The summed E-state index contributed by atoms with van der Waals surface area (Å²) in [5.74, 6) is 0.794. The summed E-state index contributed by atoms with van der Waals surface area (Å²) in [7, 11) is 0. The van der Waals surface area contributed by atoms with Crippen LogP contribution >= 0.6 is 12.4 Å². The molecule has 0 heterocycles. The van der Waals surface area contributed by atoms with Crippen molar-refractivity contribution in [3.05, 3.63) is 12.7 Å². The second kappa shape index (κ2) is 5.21. The molecule has 1 aliphatic rings. The topological polar surface area (TPSA) is 0 Å². The molecule has 10 heavy (non-hydrogen) atoms. The Morgan fingerprint density at radius 3 is 2.30 bits per heavy atom. The van der Waals surface area contributed by atoms with Crippen LogP contribution in [0.1, 0.15) is 25.7 Å². The van der Waals surface area contributed by atoms with Gasteiger partial charge in [-0.2, -0.15) is 0 Å². The molecule has 0 saturated heterocycles. The largest absolute Gasteiger partial charge is 0.147 e. The van der Waals surface area contributed by atoms with Crippen LogP contribution in [0.2, 0.25) is 4.89 Å². The molecular formula is C8H14ClNi. The molecular weight excluding hydrogens is 190 g/mol. The van der Waals surface area contributed by atoms with E-state index in [1.54, 1.807) is 0 Å². The molecule has 0 amide bonds. The summed E-state index contributed by atoms with van der Waals surface area (Å²) < 4.78 is 0. The van der Waals surface area contributed by atoms with Crippen molar-refractivity contribution in [2.45, 2.75) is 30.6 Å². The Morgan fingerprint density at radius 1 is 1.40 bits per heavy atom. The average molecular weight is 204 g/mol. The Balaban J connectivity index is 0.000000810. The average Bonchev–Trinajstić information content (AvgIpc) is 2.37. The van der Waals surface area contributed by atoms with Crippen LogP contribution in [-0.4, -0.2) is 0 Å². The number of halogens is 1. The monoisotopic (exact) mass is 203 g/mol. The maximum Gasteiger partial charge on any atom is -0.147 e. The van der Waals surface area contributed by atoms with Crippen LogP contribution in [0.15, 0.2) is 12.7 Å². The molecule has 0 aromatic carbocycles. The van der Waals surface area contributed by atoms with Gasteiger partial charge in [0.2, 0.25) is 0 Å². The smallest absolute Gasteiger partial charge is 0.147 e. The fourth-order valence-electron chi connectivity index (χ4n) is 1.45. The van der Waals surface area contributed by atoms with Crippen molar-refractivity contribution in [2.75, 3.05) is 0 Å². The molecule has 1 atom stereocenters. The minimum atomic E-state index is 0. The van der Waals surface area contributed by atoms with Gasteiger partial charge in [0.05, 0.1) is 0 Å². The Morgan fingerprint density at radius 2 is 1.90 bits per heavy atom. The van der Waals surface area contributed by atoms with Crippen LogP contribution in [0.3, 0.4) is 0 Å². The van der Waals surface area contributed by atoms with Crippen LogP contribution in [0.4, 0.5) is 0 Å². The zero-order chi connectivity index (χ0) is 6.69. The SMILES string of the molecule is C=C[CH]([Ni])C1CCCC1.Cl. The molecule has 1 fully saturated rings. The summed E-state index contributed by atoms with van der Waals surface area (Å²) in [4.78, 5) is 0.382. The van der Waals surface area contributed by atoms with Crippen molar-refractivity contribution < 1.29 is 15.5 Å². The van der Waals surface area contributed by atoms with Crippen molar-refractivity contribution in [3.63, 3.8) is 0 Å². The third kappa shape index (κ3) is 2.64. The summed E-state index contributed by atoms with van der Waals surface area (Å²) in [5, 5.41) is 0. The van der Waals surface area contributed by atoms with E-state index in [-0.39, 0.29) is 12.4 Å². The molecule has 1 unspecified atom stereocenters. The standard InChI is InChI=1S/C8H13.ClH.Ni/c1-2-5-8-6-3-4-7-8;;/h2,5,8H,1,3-4,6-7H2;1H;. The predicted octanol–water partition coefficient (Wildman–Crippen LogP) is 3.12. The van der Waals surface area contributed by atoms with Gasteiger partial charge in [-0.3, -0.25) is 0 Å². The van der Waals surface area contributed by atoms with Crippen LogP contribution in [0.25, 0.3) is 0 Å². The first-order valence-electron chi connectivity index (χ1n) is 3.57. The normalized spacial score (nSPS) is 21.8. The first kappa shape index (κ1) is 10.5. The molecule has 0 aliphatic heterocycles. The van der Waals surface area contributed by atoms with E-state index in [0.717, 1.165) is 5.92 Å². The fraction of sp³-hybridized carbons (Fsp3) is 0.750.